The minimum atomic E-state index is -0.688. The quantitative estimate of drug-likeness (QED) is 0.378. The van der Waals surface area contributed by atoms with Crippen LogP contribution in [0.15, 0.2) is 24.3 Å². The molecule has 0 heterocycles. The summed E-state index contributed by atoms with van der Waals surface area (Å²) >= 11 is 0. The van der Waals surface area contributed by atoms with Crippen LogP contribution in [-0.2, 0) is 16.0 Å². The van der Waals surface area contributed by atoms with Crippen LogP contribution in [0.3, 0.4) is 0 Å². The molecule has 5 N–H and O–H groups in total. The number of rotatable bonds is 4. The number of carbonyl (C=O) groups excluding carboxylic acids is 1. The van der Waals surface area contributed by atoms with Crippen LogP contribution in [0.2, 0.25) is 0 Å². The largest absolute Gasteiger partial charge is 0.468 e. The van der Waals surface area contributed by atoms with E-state index in [0.29, 0.717) is 12.0 Å². The van der Waals surface area contributed by atoms with Crippen molar-refractivity contribution in [3.63, 3.8) is 0 Å². The van der Waals surface area contributed by atoms with Gasteiger partial charge in [-0.2, -0.15) is 0 Å². The van der Waals surface area contributed by atoms with E-state index in [4.69, 9.17) is 16.9 Å². The van der Waals surface area contributed by atoms with Gasteiger partial charge in [-0.15, -0.1) is 0 Å². The zero-order valence-electron chi connectivity index (χ0n) is 9.07. The van der Waals surface area contributed by atoms with Crippen LogP contribution >= 0.6 is 0 Å². The van der Waals surface area contributed by atoms with Crippen molar-refractivity contribution in [3.05, 3.63) is 35.4 Å². The van der Waals surface area contributed by atoms with Crippen LogP contribution in [0.5, 0.6) is 0 Å². The van der Waals surface area contributed by atoms with Crippen molar-refractivity contribution in [1.82, 2.24) is 0 Å². The summed E-state index contributed by atoms with van der Waals surface area (Å²) in [6, 6.07) is 6.39. The van der Waals surface area contributed by atoms with Crippen molar-refractivity contribution in [2.24, 2.45) is 11.5 Å². The number of hydrogen-bond acceptors (Lipinski definition) is 4. The zero-order chi connectivity index (χ0) is 12.1. The summed E-state index contributed by atoms with van der Waals surface area (Å²) in [7, 11) is 1.30. The Hall–Kier alpha value is -1.88. The molecule has 0 saturated carbocycles. The number of carbonyl (C=O) groups is 1. The number of hydrogen-bond donors (Lipinski definition) is 3. The molecule has 5 nitrogen and oxygen atoms in total. The molecule has 0 aliphatic heterocycles. The molecule has 0 aliphatic carbocycles. The summed E-state index contributed by atoms with van der Waals surface area (Å²) in [6.45, 7) is 0. The smallest absolute Gasteiger partial charge is 0.322 e. The SMILES string of the molecule is COC(=O)[C@@H](N)Cc1cccc(C(=N)N)c1. The maximum atomic E-state index is 11.1. The van der Waals surface area contributed by atoms with Gasteiger partial charge in [-0.3, -0.25) is 10.2 Å². The highest BCUT2D eigenvalue weighted by Gasteiger charge is 2.14. The van der Waals surface area contributed by atoms with Gasteiger partial charge in [0.25, 0.3) is 0 Å². The second-order valence-electron chi connectivity index (χ2n) is 3.45. The standard InChI is InChI=1S/C11H15N3O2/c1-16-11(15)9(12)6-7-3-2-4-8(5-7)10(13)14/h2-5,9H,6,12H2,1H3,(H3,13,14)/t9-/m0/s1. The van der Waals surface area contributed by atoms with E-state index in [2.05, 4.69) is 4.74 Å². The Morgan fingerprint density at radius 1 is 1.56 bits per heavy atom. The van der Waals surface area contributed by atoms with E-state index in [-0.39, 0.29) is 5.84 Å². The Morgan fingerprint density at radius 2 is 2.25 bits per heavy atom. The molecule has 1 rings (SSSR count). The molecular formula is C11H15N3O2. The third-order valence-electron chi connectivity index (χ3n) is 2.20. The molecule has 1 atom stereocenters. The second kappa shape index (κ2) is 5.27. The van der Waals surface area contributed by atoms with Gasteiger partial charge in [-0.25, -0.2) is 0 Å². The third kappa shape index (κ3) is 3.06. The Balaban J connectivity index is 2.78. The van der Waals surface area contributed by atoms with Gasteiger partial charge in [0.05, 0.1) is 7.11 Å². The number of methoxy groups -OCH3 is 1. The van der Waals surface area contributed by atoms with Crippen LogP contribution in [0, 0.1) is 5.41 Å². The maximum Gasteiger partial charge on any atom is 0.322 e. The molecule has 16 heavy (non-hydrogen) atoms. The Kier molecular flexibility index (Phi) is 4.02. The fraction of sp³-hybridized carbons (Fsp3) is 0.273. The van der Waals surface area contributed by atoms with E-state index in [1.165, 1.54) is 7.11 Å². The van der Waals surface area contributed by atoms with E-state index in [1.54, 1.807) is 18.2 Å². The third-order valence-corrected chi connectivity index (χ3v) is 2.20. The first-order chi connectivity index (χ1) is 7.54. The topological polar surface area (TPSA) is 102 Å². The lowest BCUT2D eigenvalue weighted by molar-refractivity contribution is -0.142. The fourth-order valence-electron chi connectivity index (χ4n) is 1.35. The molecule has 1 aromatic rings. The fourth-order valence-corrected chi connectivity index (χ4v) is 1.35. The van der Waals surface area contributed by atoms with Gasteiger partial charge in [-0.1, -0.05) is 18.2 Å². The number of nitrogens with one attached hydrogen (secondary N) is 1. The molecule has 86 valence electrons. The molecule has 0 fully saturated rings. The summed E-state index contributed by atoms with van der Waals surface area (Å²) in [4.78, 5) is 11.1. The lowest BCUT2D eigenvalue weighted by Gasteiger charge is -2.09. The molecule has 0 amide bonds. The number of nitrogen functional groups attached to an aromatic ring is 1. The molecule has 0 saturated heterocycles. The van der Waals surface area contributed by atoms with Gasteiger partial charge < -0.3 is 16.2 Å². The van der Waals surface area contributed by atoms with Crippen LogP contribution < -0.4 is 11.5 Å². The molecule has 0 bridgehead atoms. The summed E-state index contributed by atoms with van der Waals surface area (Å²) in [5.41, 5.74) is 12.5. The normalized spacial score (nSPS) is 11.9. The lowest BCUT2D eigenvalue weighted by atomic mass is 10.0. The summed E-state index contributed by atoms with van der Waals surface area (Å²) < 4.78 is 4.53. The summed E-state index contributed by atoms with van der Waals surface area (Å²) in [6.07, 6.45) is 0.369. The van der Waals surface area contributed by atoms with Gasteiger partial charge >= 0.3 is 5.97 Å². The second-order valence-corrected chi connectivity index (χ2v) is 3.45. The highest BCUT2D eigenvalue weighted by Crippen LogP contribution is 2.07. The Morgan fingerprint density at radius 3 is 2.81 bits per heavy atom. The van der Waals surface area contributed by atoms with Crippen molar-refractivity contribution in [3.8, 4) is 0 Å². The average Bonchev–Trinajstić information content (AvgIpc) is 2.28. The van der Waals surface area contributed by atoms with Gasteiger partial charge in [-0.05, 0) is 18.1 Å². The molecule has 5 heteroatoms. The van der Waals surface area contributed by atoms with E-state index >= 15 is 0 Å². The first-order valence-corrected chi connectivity index (χ1v) is 4.81. The zero-order valence-corrected chi connectivity index (χ0v) is 9.07. The molecule has 0 aliphatic rings. The number of amidine groups is 1. The van der Waals surface area contributed by atoms with Crippen LogP contribution in [0.1, 0.15) is 11.1 Å². The van der Waals surface area contributed by atoms with E-state index < -0.39 is 12.0 Å². The molecule has 0 spiro atoms. The van der Waals surface area contributed by atoms with Crippen molar-refractivity contribution >= 4 is 11.8 Å². The highest BCUT2D eigenvalue weighted by molar-refractivity contribution is 5.95. The molecule has 0 radical (unpaired) electrons. The van der Waals surface area contributed by atoms with Crippen molar-refractivity contribution in [1.29, 1.82) is 5.41 Å². The van der Waals surface area contributed by atoms with E-state index in [0.717, 1.165) is 5.56 Å². The van der Waals surface area contributed by atoms with Crippen molar-refractivity contribution in [2.75, 3.05) is 7.11 Å². The van der Waals surface area contributed by atoms with E-state index in [1.807, 2.05) is 6.07 Å². The van der Waals surface area contributed by atoms with Gasteiger partial charge in [0.2, 0.25) is 0 Å². The first-order valence-electron chi connectivity index (χ1n) is 4.81. The summed E-state index contributed by atoms with van der Waals surface area (Å²) in [5.74, 6) is -0.457. The first kappa shape index (κ1) is 12.2. The Labute approximate surface area is 93.9 Å². The van der Waals surface area contributed by atoms with Crippen LogP contribution in [0.4, 0.5) is 0 Å². The Bertz CT molecular complexity index is 404. The van der Waals surface area contributed by atoms with Crippen molar-refractivity contribution < 1.29 is 9.53 Å². The van der Waals surface area contributed by atoms with Gasteiger partial charge in [0.1, 0.15) is 11.9 Å². The van der Waals surface area contributed by atoms with Crippen LogP contribution in [0.25, 0.3) is 0 Å². The minimum absolute atomic E-state index is 0.00603. The highest BCUT2D eigenvalue weighted by atomic mass is 16.5. The molecular weight excluding hydrogens is 206 g/mol. The minimum Gasteiger partial charge on any atom is -0.468 e. The predicted molar refractivity (Wildman–Crippen MR) is 61.2 cm³/mol. The monoisotopic (exact) mass is 221 g/mol. The number of benzene rings is 1. The summed E-state index contributed by atoms with van der Waals surface area (Å²) in [5, 5.41) is 7.29. The number of ether oxygens (including phenoxy) is 1. The lowest BCUT2D eigenvalue weighted by Crippen LogP contribution is -2.33. The van der Waals surface area contributed by atoms with E-state index in [9.17, 15) is 4.79 Å². The molecule has 0 aromatic heterocycles. The van der Waals surface area contributed by atoms with Crippen LogP contribution in [-0.4, -0.2) is 25.0 Å². The van der Waals surface area contributed by atoms with Gasteiger partial charge in [0, 0.05) is 5.56 Å². The average molecular weight is 221 g/mol. The number of nitrogens with two attached hydrogens (primary N) is 2. The van der Waals surface area contributed by atoms with Crippen molar-refractivity contribution in [2.45, 2.75) is 12.5 Å². The van der Waals surface area contributed by atoms with Gasteiger partial charge in [0.15, 0.2) is 0 Å². The maximum absolute atomic E-state index is 11.1. The molecule has 1 aromatic carbocycles. The predicted octanol–water partition coefficient (Wildman–Crippen LogP) is 0.0135. The molecule has 0 unspecified atom stereocenters. The number of esters is 1.